The van der Waals surface area contributed by atoms with Crippen LogP contribution >= 0.6 is 0 Å². The van der Waals surface area contributed by atoms with Crippen molar-refractivity contribution in [2.24, 2.45) is 7.05 Å². The van der Waals surface area contributed by atoms with Crippen molar-refractivity contribution in [1.29, 1.82) is 0 Å². The van der Waals surface area contributed by atoms with E-state index in [0.717, 1.165) is 17.5 Å². The third kappa shape index (κ3) is 4.65. The van der Waals surface area contributed by atoms with Gasteiger partial charge >= 0.3 is 6.03 Å². The lowest BCUT2D eigenvalue weighted by atomic mass is 10.1. The minimum atomic E-state index is -0.218. The van der Waals surface area contributed by atoms with Gasteiger partial charge in [-0.2, -0.15) is 5.10 Å². The molecule has 7 nitrogen and oxygen atoms in total. The summed E-state index contributed by atoms with van der Waals surface area (Å²) >= 11 is 0. The van der Waals surface area contributed by atoms with Gasteiger partial charge in [0.15, 0.2) is 0 Å². The van der Waals surface area contributed by atoms with Gasteiger partial charge in [-0.3, -0.25) is 4.68 Å². The standard InChI is InChI=1S/C17H24N4O3/c1-12(15-6-5-14(23-3)9-16(15)24-4)20-17(22)18-8-7-13-10-19-21(2)11-13/h5-6,9-12H,7-8H2,1-4H3,(H2,18,20,22). The van der Waals surface area contributed by atoms with Crippen LogP contribution < -0.4 is 20.1 Å². The van der Waals surface area contributed by atoms with Gasteiger partial charge in [0.05, 0.1) is 26.5 Å². The Bertz CT molecular complexity index is 684. The lowest BCUT2D eigenvalue weighted by molar-refractivity contribution is 0.238. The molecule has 0 radical (unpaired) electrons. The van der Waals surface area contributed by atoms with Crippen LogP contribution in [0, 0.1) is 0 Å². The number of amides is 2. The topological polar surface area (TPSA) is 77.4 Å². The quantitative estimate of drug-likeness (QED) is 0.813. The van der Waals surface area contributed by atoms with Crippen LogP contribution in [0.2, 0.25) is 0 Å². The molecule has 7 heteroatoms. The van der Waals surface area contributed by atoms with Crippen molar-refractivity contribution in [3.05, 3.63) is 41.7 Å². The van der Waals surface area contributed by atoms with Crippen molar-refractivity contribution in [3.8, 4) is 11.5 Å². The molecule has 130 valence electrons. The molecule has 0 bridgehead atoms. The van der Waals surface area contributed by atoms with Crippen LogP contribution in [0.1, 0.15) is 24.1 Å². The number of rotatable bonds is 7. The molecule has 2 aromatic rings. The van der Waals surface area contributed by atoms with E-state index in [0.29, 0.717) is 18.0 Å². The molecule has 1 aromatic heterocycles. The highest BCUT2D eigenvalue weighted by Crippen LogP contribution is 2.29. The number of nitrogens with zero attached hydrogens (tertiary/aromatic N) is 2. The minimum absolute atomic E-state index is 0.191. The van der Waals surface area contributed by atoms with E-state index in [1.165, 1.54) is 0 Å². The largest absolute Gasteiger partial charge is 0.497 e. The van der Waals surface area contributed by atoms with E-state index in [-0.39, 0.29) is 12.1 Å². The summed E-state index contributed by atoms with van der Waals surface area (Å²) in [5, 5.41) is 9.86. The molecule has 2 N–H and O–H groups in total. The predicted octanol–water partition coefficient (Wildman–Crippen LogP) is 2.04. The average molecular weight is 332 g/mol. The van der Waals surface area contributed by atoms with Gasteiger partial charge < -0.3 is 20.1 Å². The van der Waals surface area contributed by atoms with Crippen LogP contribution in [0.15, 0.2) is 30.6 Å². The number of hydrogen-bond acceptors (Lipinski definition) is 4. The number of benzene rings is 1. The van der Waals surface area contributed by atoms with E-state index in [4.69, 9.17) is 9.47 Å². The van der Waals surface area contributed by atoms with Gasteiger partial charge in [0.25, 0.3) is 0 Å². The Kier molecular flexibility index (Phi) is 6.06. The van der Waals surface area contributed by atoms with Crippen LogP contribution in [0.4, 0.5) is 4.79 Å². The lowest BCUT2D eigenvalue weighted by Gasteiger charge is -2.18. The molecular weight excluding hydrogens is 308 g/mol. The second-order valence-corrected chi connectivity index (χ2v) is 5.50. The van der Waals surface area contributed by atoms with E-state index < -0.39 is 0 Å². The Balaban J connectivity index is 1.86. The van der Waals surface area contributed by atoms with E-state index >= 15 is 0 Å². The Morgan fingerprint density at radius 1 is 1.33 bits per heavy atom. The second kappa shape index (κ2) is 8.24. The molecule has 0 aliphatic carbocycles. The first-order valence-corrected chi connectivity index (χ1v) is 7.77. The Morgan fingerprint density at radius 2 is 2.12 bits per heavy atom. The number of carbonyl (C=O) groups is 1. The molecule has 1 unspecified atom stereocenters. The fraction of sp³-hybridized carbons (Fsp3) is 0.412. The molecule has 0 aliphatic rings. The second-order valence-electron chi connectivity index (χ2n) is 5.50. The molecule has 0 fully saturated rings. The Hall–Kier alpha value is -2.70. The molecule has 24 heavy (non-hydrogen) atoms. The van der Waals surface area contributed by atoms with Gasteiger partial charge in [-0.25, -0.2) is 4.79 Å². The maximum Gasteiger partial charge on any atom is 0.315 e. The molecule has 2 rings (SSSR count). The summed E-state index contributed by atoms with van der Waals surface area (Å²) in [6.07, 6.45) is 4.47. The summed E-state index contributed by atoms with van der Waals surface area (Å²) < 4.78 is 12.3. The number of methoxy groups -OCH3 is 2. The van der Waals surface area contributed by atoms with Crippen molar-refractivity contribution in [2.75, 3.05) is 20.8 Å². The van der Waals surface area contributed by atoms with Gasteiger partial charge in [-0.15, -0.1) is 0 Å². The van der Waals surface area contributed by atoms with Crippen molar-refractivity contribution in [2.45, 2.75) is 19.4 Å². The SMILES string of the molecule is COc1ccc(C(C)NC(=O)NCCc2cnn(C)c2)c(OC)c1. The molecule has 2 amide bonds. The van der Waals surface area contributed by atoms with Crippen molar-refractivity contribution in [3.63, 3.8) is 0 Å². The zero-order chi connectivity index (χ0) is 17.5. The maximum atomic E-state index is 12.0. The molecule has 1 atom stereocenters. The summed E-state index contributed by atoms with van der Waals surface area (Å²) in [7, 11) is 5.07. The molecule has 0 aliphatic heterocycles. The average Bonchev–Trinajstić information content (AvgIpc) is 2.99. The Morgan fingerprint density at radius 3 is 2.75 bits per heavy atom. The minimum Gasteiger partial charge on any atom is -0.497 e. The molecular formula is C17H24N4O3. The zero-order valence-electron chi connectivity index (χ0n) is 14.5. The van der Waals surface area contributed by atoms with E-state index in [9.17, 15) is 4.79 Å². The van der Waals surface area contributed by atoms with Crippen LogP contribution in [0.3, 0.4) is 0 Å². The monoisotopic (exact) mass is 332 g/mol. The summed E-state index contributed by atoms with van der Waals surface area (Å²) in [6.45, 7) is 2.45. The van der Waals surface area contributed by atoms with Crippen LogP contribution in [-0.2, 0) is 13.5 Å². The molecule has 0 saturated carbocycles. The third-order valence-corrected chi connectivity index (χ3v) is 3.71. The van der Waals surface area contributed by atoms with Gasteiger partial charge in [0, 0.05) is 31.4 Å². The van der Waals surface area contributed by atoms with Gasteiger partial charge in [0.1, 0.15) is 11.5 Å². The summed E-state index contributed by atoms with van der Waals surface area (Å²) in [6, 6.07) is 5.12. The van der Waals surface area contributed by atoms with E-state index in [1.54, 1.807) is 31.2 Å². The first-order chi connectivity index (χ1) is 11.5. The van der Waals surface area contributed by atoms with Crippen molar-refractivity contribution < 1.29 is 14.3 Å². The first-order valence-electron chi connectivity index (χ1n) is 7.77. The number of aromatic nitrogens is 2. The lowest BCUT2D eigenvalue weighted by Crippen LogP contribution is -2.38. The fourth-order valence-corrected chi connectivity index (χ4v) is 2.42. The van der Waals surface area contributed by atoms with E-state index in [1.807, 2.05) is 32.3 Å². The summed E-state index contributed by atoms with van der Waals surface area (Å²) in [4.78, 5) is 12.0. The van der Waals surface area contributed by atoms with Gasteiger partial charge in [-0.05, 0) is 31.0 Å². The number of ether oxygens (including phenoxy) is 2. The molecule has 0 saturated heterocycles. The number of carbonyl (C=O) groups excluding carboxylic acids is 1. The first kappa shape index (κ1) is 17.7. The van der Waals surface area contributed by atoms with Crippen LogP contribution in [0.25, 0.3) is 0 Å². The highest BCUT2D eigenvalue weighted by molar-refractivity contribution is 5.74. The number of urea groups is 1. The summed E-state index contributed by atoms with van der Waals surface area (Å²) in [5.41, 5.74) is 1.98. The van der Waals surface area contributed by atoms with Crippen molar-refractivity contribution >= 4 is 6.03 Å². The summed E-state index contributed by atoms with van der Waals surface area (Å²) in [5.74, 6) is 1.39. The van der Waals surface area contributed by atoms with Crippen LogP contribution in [-0.4, -0.2) is 36.6 Å². The van der Waals surface area contributed by atoms with E-state index in [2.05, 4.69) is 15.7 Å². The number of nitrogens with one attached hydrogen (secondary N) is 2. The Labute approximate surface area is 142 Å². The maximum absolute atomic E-state index is 12.0. The molecule has 1 aromatic carbocycles. The highest BCUT2D eigenvalue weighted by atomic mass is 16.5. The smallest absolute Gasteiger partial charge is 0.315 e. The highest BCUT2D eigenvalue weighted by Gasteiger charge is 2.14. The zero-order valence-corrected chi connectivity index (χ0v) is 14.5. The third-order valence-electron chi connectivity index (χ3n) is 3.71. The van der Waals surface area contributed by atoms with Gasteiger partial charge in [0.2, 0.25) is 0 Å². The van der Waals surface area contributed by atoms with Crippen LogP contribution in [0.5, 0.6) is 11.5 Å². The molecule has 1 heterocycles. The fourth-order valence-electron chi connectivity index (χ4n) is 2.42. The number of aryl methyl sites for hydroxylation is 1. The normalized spacial score (nSPS) is 11.7. The predicted molar refractivity (Wildman–Crippen MR) is 91.4 cm³/mol. The van der Waals surface area contributed by atoms with Crippen molar-refractivity contribution in [1.82, 2.24) is 20.4 Å². The molecule has 0 spiro atoms. The number of hydrogen-bond donors (Lipinski definition) is 2. The van der Waals surface area contributed by atoms with Gasteiger partial charge in [-0.1, -0.05) is 0 Å².